The van der Waals surface area contributed by atoms with Gasteiger partial charge in [0.05, 0.1) is 18.8 Å². The highest BCUT2D eigenvalue weighted by Gasteiger charge is 2.35. The molecule has 1 amide bonds. The van der Waals surface area contributed by atoms with Crippen molar-refractivity contribution in [3.63, 3.8) is 0 Å². The van der Waals surface area contributed by atoms with Gasteiger partial charge >= 0.3 is 0 Å². The van der Waals surface area contributed by atoms with Gasteiger partial charge in [0.2, 0.25) is 0 Å². The lowest BCUT2D eigenvalue weighted by Gasteiger charge is -2.41. The normalized spacial score (nSPS) is 19.7. The number of nitrogens with zero attached hydrogens (tertiary/aromatic N) is 3. The molecule has 0 atom stereocenters. The summed E-state index contributed by atoms with van der Waals surface area (Å²) < 4.78 is 5.32. The van der Waals surface area contributed by atoms with E-state index in [9.17, 15) is 4.79 Å². The Hall–Kier alpha value is -2.44. The first-order valence-corrected chi connectivity index (χ1v) is 10.5. The van der Waals surface area contributed by atoms with Gasteiger partial charge in [-0.3, -0.25) is 4.79 Å². The second-order valence-corrected chi connectivity index (χ2v) is 8.14. The zero-order valence-electron chi connectivity index (χ0n) is 17.1. The fraction of sp³-hybridized carbons (Fsp3) is 0.478. The third-order valence-electron chi connectivity index (χ3n) is 6.25. The molecule has 6 heteroatoms. The van der Waals surface area contributed by atoms with Crippen molar-refractivity contribution in [2.75, 3.05) is 58.3 Å². The lowest BCUT2D eigenvalue weighted by Crippen LogP contribution is -2.45. The highest BCUT2D eigenvalue weighted by molar-refractivity contribution is 5.94. The van der Waals surface area contributed by atoms with Crippen molar-refractivity contribution in [1.29, 1.82) is 0 Å². The van der Waals surface area contributed by atoms with Gasteiger partial charge in [0, 0.05) is 31.2 Å². The minimum absolute atomic E-state index is 0.0309. The molecular weight excluding hydrogens is 364 g/mol. The molecule has 0 spiro atoms. The van der Waals surface area contributed by atoms with Crippen molar-refractivity contribution in [1.82, 2.24) is 14.8 Å². The van der Waals surface area contributed by atoms with Crippen molar-refractivity contribution >= 4 is 11.7 Å². The predicted molar refractivity (Wildman–Crippen MR) is 114 cm³/mol. The summed E-state index contributed by atoms with van der Waals surface area (Å²) in [5, 5.41) is 3.54. The third kappa shape index (κ3) is 4.60. The van der Waals surface area contributed by atoms with Crippen LogP contribution < -0.4 is 5.32 Å². The summed E-state index contributed by atoms with van der Waals surface area (Å²) in [6.45, 7) is 5.54. The maximum Gasteiger partial charge on any atom is 0.255 e. The summed E-state index contributed by atoms with van der Waals surface area (Å²) in [5.41, 5.74) is 2.13. The van der Waals surface area contributed by atoms with E-state index in [4.69, 9.17) is 4.74 Å². The topological polar surface area (TPSA) is 57.7 Å². The van der Waals surface area contributed by atoms with Gasteiger partial charge in [-0.15, -0.1) is 0 Å². The van der Waals surface area contributed by atoms with Crippen molar-refractivity contribution < 1.29 is 9.53 Å². The molecule has 2 fully saturated rings. The summed E-state index contributed by atoms with van der Waals surface area (Å²) in [6, 6.07) is 14.6. The molecule has 2 aliphatic heterocycles. The fourth-order valence-electron chi connectivity index (χ4n) is 4.24. The van der Waals surface area contributed by atoms with E-state index in [0.29, 0.717) is 31.9 Å². The Labute approximate surface area is 172 Å². The Balaban J connectivity index is 1.43. The maximum atomic E-state index is 12.6. The summed E-state index contributed by atoms with van der Waals surface area (Å²) in [7, 11) is 2.19. The second kappa shape index (κ2) is 8.93. The van der Waals surface area contributed by atoms with E-state index in [-0.39, 0.29) is 11.3 Å². The van der Waals surface area contributed by atoms with Gasteiger partial charge in [0.1, 0.15) is 5.82 Å². The molecule has 154 valence electrons. The van der Waals surface area contributed by atoms with E-state index >= 15 is 0 Å². The van der Waals surface area contributed by atoms with Crippen LogP contribution in [-0.4, -0.2) is 73.7 Å². The predicted octanol–water partition coefficient (Wildman–Crippen LogP) is 2.63. The highest BCUT2D eigenvalue weighted by Crippen LogP contribution is 2.35. The van der Waals surface area contributed by atoms with Gasteiger partial charge in [-0.2, -0.15) is 0 Å². The molecule has 6 nitrogen and oxygen atoms in total. The smallest absolute Gasteiger partial charge is 0.255 e. The largest absolute Gasteiger partial charge is 0.378 e. The van der Waals surface area contributed by atoms with Crippen LogP contribution in [0.2, 0.25) is 0 Å². The summed E-state index contributed by atoms with van der Waals surface area (Å²) >= 11 is 0. The van der Waals surface area contributed by atoms with Crippen LogP contribution in [0.1, 0.15) is 28.8 Å². The van der Waals surface area contributed by atoms with Crippen LogP contribution in [0.15, 0.2) is 48.7 Å². The van der Waals surface area contributed by atoms with Crippen molar-refractivity contribution in [2.24, 2.45) is 0 Å². The first-order valence-electron chi connectivity index (χ1n) is 10.5. The van der Waals surface area contributed by atoms with Crippen LogP contribution in [0.5, 0.6) is 0 Å². The number of morpholine rings is 1. The minimum atomic E-state index is 0.0309. The number of pyridine rings is 1. The number of benzene rings is 1. The molecule has 1 N–H and O–H groups in total. The molecule has 2 saturated heterocycles. The van der Waals surface area contributed by atoms with Crippen LogP contribution in [0.25, 0.3) is 0 Å². The number of carbonyl (C=O) groups excluding carboxylic acids is 1. The van der Waals surface area contributed by atoms with Gasteiger partial charge in [-0.05, 0) is 50.7 Å². The van der Waals surface area contributed by atoms with Gasteiger partial charge in [0.25, 0.3) is 5.91 Å². The van der Waals surface area contributed by atoms with Crippen LogP contribution >= 0.6 is 0 Å². The molecule has 0 bridgehead atoms. The lowest BCUT2D eigenvalue weighted by atomic mass is 9.72. The Kier molecular flexibility index (Phi) is 6.11. The first-order chi connectivity index (χ1) is 14.2. The van der Waals surface area contributed by atoms with E-state index in [1.54, 1.807) is 6.20 Å². The molecule has 0 radical (unpaired) electrons. The number of nitrogens with one attached hydrogen (secondary N) is 1. The van der Waals surface area contributed by atoms with Crippen molar-refractivity contribution in [3.8, 4) is 0 Å². The number of hydrogen-bond donors (Lipinski definition) is 1. The number of aromatic nitrogens is 1. The standard InChI is InChI=1S/C23H30N4O2/c1-26-11-9-23(10-12-26,20-5-3-2-4-6-20)18-25-21-8-7-19(17-24-21)22(28)27-13-15-29-16-14-27/h2-8,17H,9-16,18H2,1H3,(H,24,25). The zero-order valence-corrected chi connectivity index (χ0v) is 17.1. The highest BCUT2D eigenvalue weighted by atomic mass is 16.5. The second-order valence-electron chi connectivity index (χ2n) is 8.14. The summed E-state index contributed by atoms with van der Waals surface area (Å²) in [4.78, 5) is 21.3. The number of ether oxygens (including phenoxy) is 1. The van der Waals surface area contributed by atoms with Crippen molar-refractivity contribution in [2.45, 2.75) is 18.3 Å². The number of carbonyl (C=O) groups is 1. The van der Waals surface area contributed by atoms with Crippen LogP contribution in [0.3, 0.4) is 0 Å². The molecule has 0 saturated carbocycles. The number of rotatable bonds is 5. The first kappa shape index (κ1) is 19.9. The number of amides is 1. The minimum Gasteiger partial charge on any atom is -0.378 e. The summed E-state index contributed by atoms with van der Waals surface area (Å²) in [6.07, 6.45) is 3.92. The third-order valence-corrected chi connectivity index (χ3v) is 6.25. The number of likely N-dealkylation sites (tertiary alicyclic amines) is 1. The van der Waals surface area contributed by atoms with E-state index in [2.05, 4.69) is 52.6 Å². The molecule has 0 unspecified atom stereocenters. The fourth-order valence-corrected chi connectivity index (χ4v) is 4.24. The monoisotopic (exact) mass is 394 g/mol. The van der Waals surface area contributed by atoms with Crippen LogP contribution in [0, 0.1) is 0 Å². The molecule has 4 rings (SSSR count). The molecule has 2 aromatic rings. The Morgan fingerprint density at radius 3 is 2.45 bits per heavy atom. The van der Waals surface area contributed by atoms with Crippen LogP contribution in [-0.2, 0) is 10.2 Å². The summed E-state index contributed by atoms with van der Waals surface area (Å²) in [5.74, 6) is 0.848. The Bertz CT molecular complexity index is 795. The van der Waals surface area contributed by atoms with Gasteiger partial charge in [0.15, 0.2) is 0 Å². The quantitative estimate of drug-likeness (QED) is 0.845. The SMILES string of the molecule is CN1CCC(CNc2ccc(C(=O)N3CCOCC3)cn2)(c2ccccc2)CC1. The molecule has 3 heterocycles. The van der Waals surface area contributed by atoms with E-state index in [1.165, 1.54) is 5.56 Å². The molecular formula is C23H30N4O2. The van der Waals surface area contributed by atoms with E-state index in [1.807, 2.05) is 17.0 Å². The molecule has 1 aromatic carbocycles. The van der Waals surface area contributed by atoms with E-state index in [0.717, 1.165) is 38.3 Å². The Morgan fingerprint density at radius 1 is 1.07 bits per heavy atom. The number of anilines is 1. The van der Waals surface area contributed by atoms with Crippen molar-refractivity contribution in [3.05, 3.63) is 59.8 Å². The van der Waals surface area contributed by atoms with Gasteiger partial charge < -0.3 is 19.9 Å². The zero-order chi connectivity index (χ0) is 20.1. The van der Waals surface area contributed by atoms with Gasteiger partial charge in [-0.1, -0.05) is 30.3 Å². The maximum absolute atomic E-state index is 12.6. The Morgan fingerprint density at radius 2 is 1.79 bits per heavy atom. The molecule has 0 aliphatic carbocycles. The van der Waals surface area contributed by atoms with Crippen LogP contribution in [0.4, 0.5) is 5.82 Å². The molecule has 1 aromatic heterocycles. The van der Waals surface area contributed by atoms with E-state index < -0.39 is 0 Å². The molecule has 29 heavy (non-hydrogen) atoms. The average molecular weight is 395 g/mol. The lowest BCUT2D eigenvalue weighted by molar-refractivity contribution is 0.0302. The number of piperidine rings is 1. The molecule has 2 aliphatic rings. The van der Waals surface area contributed by atoms with Gasteiger partial charge in [-0.25, -0.2) is 4.98 Å². The average Bonchev–Trinajstić information content (AvgIpc) is 2.80. The number of hydrogen-bond acceptors (Lipinski definition) is 5.